The Morgan fingerprint density at radius 3 is 2.72 bits per heavy atom. The van der Waals surface area contributed by atoms with Gasteiger partial charge in [-0.1, -0.05) is 12.1 Å². The molecule has 1 amide bonds. The van der Waals surface area contributed by atoms with E-state index < -0.39 is 0 Å². The zero-order valence-corrected chi connectivity index (χ0v) is 17.0. The maximum Gasteiger partial charge on any atom is 0.268 e. The summed E-state index contributed by atoms with van der Waals surface area (Å²) < 4.78 is 11.9. The monoisotopic (exact) mass is 400 g/mol. The topological polar surface area (TPSA) is 85.7 Å². The van der Waals surface area contributed by atoms with Crippen molar-refractivity contribution in [3.05, 3.63) is 52.4 Å². The fourth-order valence-corrected chi connectivity index (χ4v) is 3.42. The van der Waals surface area contributed by atoms with Crippen molar-refractivity contribution in [2.45, 2.75) is 32.4 Å². The molecule has 0 radical (unpaired) electrons. The zero-order chi connectivity index (χ0) is 20.6. The number of benzene rings is 1. The van der Waals surface area contributed by atoms with E-state index in [1.807, 2.05) is 25.1 Å². The number of nitrogens with one attached hydrogen (secondary N) is 1. The van der Waals surface area contributed by atoms with E-state index in [4.69, 9.17) is 9.47 Å². The number of nitrogens with zero attached hydrogens (tertiary/aromatic N) is 3. The normalized spacial score (nSPS) is 14.6. The Hall–Kier alpha value is -2.87. The lowest BCUT2D eigenvalue weighted by molar-refractivity contribution is 0.0927. The fraction of sp³-hybridized carbons (Fsp3) is 0.476. The van der Waals surface area contributed by atoms with Crippen molar-refractivity contribution in [2.24, 2.45) is 0 Å². The highest BCUT2D eigenvalue weighted by molar-refractivity contribution is 5.97. The molecule has 0 unspecified atom stereocenters. The highest BCUT2D eigenvalue weighted by atomic mass is 16.5. The number of carbonyl (C=O) groups excluding carboxylic acids is 1. The number of carbonyl (C=O) groups is 1. The lowest BCUT2D eigenvalue weighted by atomic mass is 10.0. The van der Waals surface area contributed by atoms with Gasteiger partial charge in [0.25, 0.3) is 11.5 Å². The highest BCUT2D eigenvalue weighted by Gasteiger charge is 2.23. The van der Waals surface area contributed by atoms with E-state index in [-0.39, 0.29) is 17.5 Å². The van der Waals surface area contributed by atoms with Crippen LogP contribution < -0.4 is 20.5 Å². The molecule has 1 N–H and O–H groups in total. The van der Waals surface area contributed by atoms with Crippen molar-refractivity contribution in [1.82, 2.24) is 15.1 Å². The molecule has 0 saturated carbocycles. The number of para-hydroxylation sites is 1. The van der Waals surface area contributed by atoms with E-state index in [9.17, 15) is 9.59 Å². The number of piperidine rings is 1. The first-order chi connectivity index (χ1) is 14.1. The van der Waals surface area contributed by atoms with Crippen molar-refractivity contribution >= 4 is 11.6 Å². The Labute approximate surface area is 170 Å². The van der Waals surface area contributed by atoms with Crippen LogP contribution in [-0.4, -0.2) is 55.1 Å². The van der Waals surface area contributed by atoms with Crippen LogP contribution in [0.2, 0.25) is 0 Å². The maximum absolute atomic E-state index is 12.7. The number of amides is 1. The van der Waals surface area contributed by atoms with Gasteiger partial charge in [-0.15, -0.1) is 0 Å². The predicted molar refractivity (Wildman–Crippen MR) is 111 cm³/mol. The van der Waals surface area contributed by atoms with Gasteiger partial charge >= 0.3 is 0 Å². The lowest BCUT2D eigenvalue weighted by Crippen LogP contribution is -2.45. The lowest BCUT2D eigenvalue weighted by Gasteiger charge is -2.33. The van der Waals surface area contributed by atoms with Crippen LogP contribution in [0.5, 0.6) is 5.75 Å². The predicted octanol–water partition coefficient (Wildman–Crippen LogP) is 1.69. The quantitative estimate of drug-likeness (QED) is 0.726. The second kappa shape index (κ2) is 10.1. The van der Waals surface area contributed by atoms with Gasteiger partial charge in [-0.25, -0.2) is 4.68 Å². The number of methoxy groups -OCH3 is 1. The molecule has 1 aliphatic rings. The van der Waals surface area contributed by atoms with Crippen molar-refractivity contribution in [3.8, 4) is 5.75 Å². The van der Waals surface area contributed by atoms with Crippen molar-refractivity contribution < 1.29 is 14.3 Å². The summed E-state index contributed by atoms with van der Waals surface area (Å²) in [6.07, 6.45) is 3.32. The first-order valence-electron chi connectivity index (χ1n) is 9.96. The summed E-state index contributed by atoms with van der Waals surface area (Å²) in [5.74, 6) is 0.486. The van der Waals surface area contributed by atoms with Gasteiger partial charge in [0, 0.05) is 32.3 Å². The largest absolute Gasteiger partial charge is 0.493 e. The van der Waals surface area contributed by atoms with Gasteiger partial charge in [0.05, 0.1) is 37.2 Å². The van der Waals surface area contributed by atoms with E-state index in [2.05, 4.69) is 15.3 Å². The maximum atomic E-state index is 12.7. The molecular weight excluding hydrogens is 372 g/mol. The summed E-state index contributed by atoms with van der Waals surface area (Å²) in [5.41, 5.74) is 1.23. The first kappa shape index (κ1) is 20.9. The Balaban J connectivity index is 1.56. The van der Waals surface area contributed by atoms with Gasteiger partial charge in [0.15, 0.2) is 0 Å². The summed E-state index contributed by atoms with van der Waals surface area (Å²) in [7, 11) is 1.60. The Bertz CT molecular complexity index is 875. The number of ether oxygens (including phenoxy) is 2. The Morgan fingerprint density at radius 2 is 2.03 bits per heavy atom. The summed E-state index contributed by atoms with van der Waals surface area (Å²) in [4.78, 5) is 27.0. The molecule has 1 aromatic heterocycles. The summed E-state index contributed by atoms with van der Waals surface area (Å²) in [6, 6.07) is 8.98. The third-order valence-corrected chi connectivity index (χ3v) is 4.99. The van der Waals surface area contributed by atoms with Gasteiger partial charge in [-0.05, 0) is 31.9 Å². The highest BCUT2D eigenvalue weighted by Crippen LogP contribution is 2.21. The molecule has 29 heavy (non-hydrogen) atoms. The van der Waals surface area contributed by atoms with Gasteiger partial charge in [0.2, 0.25) is 0 Å². The summed E-state index contributed by atoms with van der Waals surface area (Å²) in [6.45, 7) is 4.80. The average Bonchev–Trinajstić information content (AvgIpc) is 2.74. The summed E-state index contributed by atoms with van der Waals surface area (Å²) in [5, 5.41) is 7.33. The minimum absolute atomic E-state index is 0.0865. The molecule has 1 aromatic carbocycles. The second-order valence-corrected chi connectivity index (χ2v) is 6.93. The molecule has 0 atom stereocenters. The number of rotatable bonds is 8. The molecule has 0 spiro atoms. The molecule has 2 aromatic rings. The molecular formula is C21H28N4O4. The minimum Gasteiger partial charge on any atom is -0.493 e. The molecule has 156 valence electrons. The molecule has 2 heterocycles. The number of aromatic nitrogens is 2. The van der Waals surface area contributed by atoms with Crippen molar-refractivity contribution in [2.75, 3.05) is 38.3 Å². The molecule has 1 saturated heterocycles. The van der Waals surface area contributed by atoms with E-state index in [0.29, 0.717) is 31.1 Å². The molecule has 1 aliphatic heterocycles. The first-order valence-corrected chi connectivity index (χ1v) is 9.96. The fourth-order valence-electron chi connectivity index (χ4n) is 3.42. The number of anilines is 1. The number of hydrogen-bond donors (Lipinski definition) is 1. The van der Waals surface area contributed by atoms with Crippen LogP contribution in [-0.2, 0) is 11.3 Å². The minimum atomic E-state index is -0.137. The van der Waals surface area contributed by atoms with Crippen LogP contribution in [0.15, 0.2) is 41.3 Å². The Morgan fingerprint density at radius 1 is 1.28 bits per heavy atom. The van der Waals surface area contributed by atoms with Gasteiger partial charge in [-0.3, -0.25) is 9.59 Å². The van der Waals surface area contributed by atoms with Crippen LogP contribution in [0.4, 0.5) is 5.69 Å². The van der Waals surface area contributed by atoms with Crippen molar-refractivity contribution in [3.63, 3.8) is 0 Å². The van der Waals surface area contributed by atoms with E-state index >= 15 is 0 Å². The molecule has 3 rings (SSSR count). The number of hydrogen-bond acceptors (Lipinski definition) is 6. The van der Waals surface area contributed by atoms with Crippen LogP contribution >= 0.6 is 0 Å². The second-order valence-electron chi connectivity index (χ2n) is 6.93. The Kier molecular flexibility index (Phi) is 7.24. The van der Waals surface area contributed by atoms with Crippen LogP contribution in [0, 0.1) is 0 Å². The van der Waals surface area contributed by atoms with Crippen molar-refractivity contribution in [1.29, 1.82) is 0 Å². The van der Waals surface area contributed by atoms with Gasteiger partial charge < -0.3 is 19.7 Å². The summed E-state index contributed by atoms with van der Waals surface area (Å²) >= 11 is 0. The SMILES string of the molecule is CCOc1ccccc1C(=O)NC1CCN(c2cnn(CCOC)c(=O)c2)CC1. The standard InChI is InChI=1S/C21H28N4O4/c1-3-29-19-7-5-4-6-18(19)21(27)23-16-8-10-24(11-9-16)17-14-20(26)25(22-15-17)12-13-28-2/h4-7,14-16H,3,8-13H2,1-2H3,(H,23,27). The van der Waals surface area contributed by atoms with E-state index in [0.717, 1.165) is 31.6 Å². The molecule has 8 heteroatoms. The molecule has 8 nitrogen and oxygen atoms in total. The third kappa shape index (κ3) is 5.35. The van der Waals surface area contributed by atoms with E-state index in [1.54, 1.807) is 25.4 Å². The smallest absolute Gasteiger partial charge is 0.268 e. The zero-order valence-electron chi connectivity index (χ0n) is 17.0. The average molecular weight is 400 g/mol. The molecule has 1 fully saturated rings. The van der Waals surface area contributed by atoms with Crippen LogP contribution in [0.1, 0.15) is 30.1 Å². The van der Waals surface area contributed by atoms with Crippen LogP contribution in [0.25, 0.3) is 0 Å². The van der Waals surface area contributed by atoms with Crippen LogP contribution in [0.3, 0.4) is 0 Å². The van der Waals surface area contributed by atoms with Gasteiger partial charge in [-0.2, -0.15) is 5.10 Å². The van der Waals surface area contributed by atoms with E-state index in [1.165, 1.54) is 4.68 Å². The van der Waals surface area contributed by atoms with Gasteiger partial charge in [0.1, 0.15) is 5.75 Å². The molecule has 0 bridgehead atoms. The molecule has 0 aliphatic carbocycles. The third-order valence-electron chi connectivity index (χ3n) is 4.99.